The highest BCUT2D eigenvalue weighted by Gasteiger charge is 2.38. The van der Waals surface area contributed by atoms with Crippen LogP contribution < -0.4 is 4.90 Å². The molecule has 1 unspecified atom stereocenters. The van der Waals surface area contributed by atoms with Crippen molar-refractivity contribution in [2.45, 2.75) is 31.7 Å². The number of hydrogen-bond acceptors (Lipinski definition) is 3. The molecule has 0 spiro atoms. The fourth-order valence-electron chi connectivity index (χ4n) is 7.40. The van der Waals surface area contributed by atoms with Crippen LogP contribution in [-0.2, 0) is 5.41 Å². The molecule has 43 heavy (non-hydrogen) atoms. The summed E-state index contributed by atoms with van der Waals surface area (Å²) in [5, 5.41) is 2.67. The van der Waals surface area contributed by atoms with E-state index >= 15 is 0 Å². The number of fused-ring (bicyclic) bond motifs is 7. The molecule has 0 radical (unpaired) electrons. The van der Waals surface area contributed by atoms with E-state index in [-0.39, 0.29) is 11.5 Å². The van der Waals surface area contributed by atoms with Crippen molar-refractivity contribution in [3.05, 3.63) is 150 Å². The highest BCUT2D eigenvalue weighted by molar-refractivity contribution is 7.26. The van der Waals surface area contributed by atoms with Crippen molar-refractivity contribution in [2.75, 3.05) is 4.90 Å². The van der Waals surface area contributed by atoms with E-state index in [9.17, 15) is 0 Å². The van der Waals surface area contributed by atoms with Gasteiger partial charge in [-0.2, -0.15) is 0 Å². The van der Waals surface area contributed by atoms with Crippen molar-refractivity contribution in [3.8, 4) is 22.3 Å². The Kier molecular flexibility index (Phi) is 5.27. The Morgan fingerprint density at radius 2 is 1.47 bits per heavy atom. The van der Waals surface area contributed by atoms with Gasteiger partial charge in [0.15, 0.2) is 0 Å². The number of rotatable bonds is 3. The summed E-state index contributed by atoms with van der Waals surface area (Å²) >= 11 is 1.88. The Morgan fingerprint density at radius 3 is 2.37 bits per heavy atom. The number of aliphatic imine (C=N–C) groups is 1. The number of anilines is 1. The van der Waals surface area contributed by atoms with Crippen LogP contribution in [0.2, 0.25) is 0 Å². The minimum Gasteiger partial charge on any atom is -0.316 e. The smallest absolute Gasteiger partial charge is 0.141 e. The van der Waals surface area contributed by atoms with E-state index in [1.54, 1.807) is 0 Å². The summed E-state index contributed by atoms with van der Waals surface area (Å²) in [4.78, 5) is 7.71. The summed E-state index contributed by atoms with van der Waals surface area (Å²) in [6.07, 6.45) is 7.54. The van der Waals surface area contributed by atoms with Gasteiger partial charge in [0.2, 0.25) is 0 Å². The lowest BCUT2D eigenvalue weighted by molar-refractivity contribution is 0.659. The molecule has 0 saturated heterocycles. The van der Waals surface area contributed by atoms with E-state index in [0.717, 1.165) is 23.5 Å². The molecule has 1 aromatic heterocycles. The quantitative estimate of drug-likeness (QED) is 0.207. The monoisotopic (exact) mass is 570 g/mol. The van der Waals surface area contributed by atoms with Crippen LogP contribution >= 0.6 is 11.3 Å². The molecule has 3 heteroatoms. The van der Waals surface area contributed by atoms with Gasteiger partial charge in [0.25, 0.3) is 0 Å². The number of nitrogens with zero attached hydrogens (tertiary/aromatic N) is 2. The lowest BCUT2D eigenvalue weighted by Gasteiger charge is -2.30. The van der Waals surface area contributed by atoms with Crippen molar-refractivity contribution in [3.63, 3.8) is 0 Å². The van der Waals surface area contributed by atoms with Crippen molar-refractivity contribution in [2.24, 2.45) is 4.99 Å². The van der Waals surface area contributed by atoms with E-state index < -0.39 is 0 Å². The van der Waals surface area contributed by atoms with Crippen LogP contribution in [0.5, 0.6) is 0 Å². The molecule has 9 rings (SSSR count). The molecule has 0 fully saturated rings. The second-order valence-electron chi connectivity index (χ2n) is 12.3. The third-order valence-corrected chi connectivity index (χ3v) is 10.8. The Balaban J connectivity index is 1.13. The lowest BCUT2D eigenvalue weighted by Crippen LogP contribution is -2.37. The molecular weight excluding hydrogens is 541 g/mol. The van der Waals surface area contributed by atoms with Gasteiger partial charge in [-0.05, 0) is 64.1 Å². The van der Waals surface area contributed by atoms with E-state index in [2.05, 4.69) is 146 Å². The van der Waals surface area contributed by atoms with Crippen LogP contribution in [0.1, 0.15) is 37.0 Å². The molecule has 2 nitrogen and oxygen atoms in total. The molecule has 3 aliphatic rings. The first-order chi connectivity index (χ1) is 21.1. The van der Waals surface area contributed by atoms with Crippen LogP contribution in [0.25, 0.3) is 42.4 Å². The van der Waals surface area contributed by atoms with Gasteiger partial charge < -0.3 is 4.90 Å². The Morgan fingerprint density at radius 1 is 0.721 bits per heavy atom. The van der Waals surface area contributed by atoms with Gasteiger partial charge in [-0.1, -0.05) is 117 Å². The maximum absolute atomic E-state index is 5.24. The largest absolute Gasteiger partial charge is 0.316 e. The van der Waals surface area contributed by atoms with Crippen LogP contribution in [0.4, 0.5) is 5.69 Å². The summed E-state index contributed by atoms with van der Waals surface area (Å²) in [5.74, 6) is 1.03. The molecular formula is C40H30N2S. The molecule has 5 aromatic carbocycles. The van der Waals surface area contributed by atoms with Gasteiger partial charge in [0, 0.05) is 36.8 Å². The Labute approximate surface area is 256 Å². The summed E-state index contributed by atoms with van der Waals surface area (Å²) in [6, 6.07) is 40.6. The fraction of sp³-hybridized carbons (Fsp3) is 0.125. The molecule has 206 valence electrons. The zero-order valence-corrected chi connectivity index (χ0v) is 25.0. The van der Waals surface area contributed by atoms with Crippen LogP contribution in [0.3, 0.4) is 0 Å². The molecule has 2 heterocycles. The third kappa shape index (κ3) is 3.61. The maximum Gasteiger partial charge on any atom is 0.141 e. The van der Waals surface area contributed by atoms with Crippen molar-refractivity contribution >= 4 is 43.0 Å². The average Bonchev–Trinajstić information content (AvgIpc) is 3.70. The minimum atomic E-state index is -0.0423. The van der Waals surface area contributed by atoms with Crippen LogP contribution in [0, 0.1) is 0 Å². The maximum atomic E-state index is 5.24. The highest BCUT2D eigenvalue weighted by Crippen LogP contribution is 2.50. The number of hydrogen-bond donors (Lipinski definition) is 0. The van der Waals surface area contributed by atoms with Gasteiger partial charge in [-0.25, -0.2) is 4.99 Å². The normalized spacial score (nSPS) is 18.0. The van der Waals surface area contributed by atoms with Crippen LogP contribution in [0.15, 0.2) is 138 Å². The summed E-state index contributed by atoms with van der Waals surface area (Å²) in [7, 11) is 0. The zero-order chi connectivity index (χ0) is 28.7. The number of thiophene rings is 1. The molecule has 1 aliphatic heterocycles. The zero-order valence-electron chi connectivity index (χ0n) is 24.2. The lowest BCUT2D eigenvalue weighted by atomic mass is 9.82. The van der Waals surface area contributed by atoms with Gasteiger partial charge in [-0.15, -0.1) is 11.3 Å². The molecule has 0 amide bonds. The van der Waals surface area contributed by atoms with Crippen molar-refractivity contribution in [1.29, 1.82) is 0 Å². The van der Waals surface area contributed by atoms with Gasteiger partial charge in [0.05, 0.1) is 11.7 Å². The third-order valence-electron chi connectivity index (χ3n) is 9.58. The van der Waals surface area contributed by atoms with Gasteiger partial charge in [-0.3, -0.25) is 0 Å². The predicted octanol–water partition coefficient (Wildman–Crippen LogP) is 10.5. The first-order valence-corrected chi connectivity index (χ1v) is 15.9. The molecule has 2 aliphatic carbocycles. The Hall–Kier alpha value is -4.73. The summed E-state index contributed by atoms with van der Waals surface area (Å²) < 4.78 is 2.68. The van der Waals surface area contributed by atoms with Gasteiger partial charge in [0.1, 0.15) is 5.84 Å². The van der Waals surface area contributed by atoms with Gasteiger partial charge >= 0.3 is 0 Å². The van der Waals surface area contributed by atoms with E-state index in [1.165, 1.54) is 59.2 Å². The predicted molar refractivity (Wildman–Crippen MR) is 183 cm³/mol. The number of benzene rings is 5. The molecule has 0 N–H and O–H groups in total. The van der Waals surface area contributed by atoms with Crippen molar-refractivity contribution in [1.82, 2.24) is 0 Å². The van der Waals surface area contributed by atoms with E-state index in [1.807, 2.05) is 11.3 Å². The summed E-state index contributed by atoms with van der Waals surface area (Å²) in [6.45, 7) is 4.70. The highest BCUT2D eigenvalue weighted by atomic mass is 32.1. The first kappa shape index (κ1) is 24.8. The second-order valence-corrected chi connectivity index (χ2v) is 13.4. The van der Waals surface area contributed by atoms with Crippen molar-refractivity contribution < 1.29 is 0 Å². The molecule has 0 saturated carbocycles. The molecule has 6 aromatic rings. The SMILES string of the molecule is CC1(C)c2ccccc2-c2ccc(N3C(c4ccc(-c5cccc6c5sc5ccccc56)cc4)=NC4=CC=CCC43)cc21. The fourth-order valence-corrected chi connectivity index (χ4v) is 8.64. The molecule has 1 atom stereocenters. The Bertz CT molecular complexity index is 2190. The summed E-state index contributed by atoms with van der Waals surface area (Å²) in [5.41, 5.74) is 11.5. The topological polar surface area (TPSA) is 15.6 Å². The average molecular weight is 571 g/mol. The number of amidine groups is 1. The first-order valence-electron chi connectivity index (χ1n) is 15.1. The molecule has 0 bridgehead atoms. The minimum absolute atomic E-state index is 0.0423. The van der Waals surface area contributed by atoms with Crippen LogP contribution in [-0.4, -0.2) is 11.9 Å². The number of allylic oxidation sites excluding steroid dienone is 2. The van der Waals surface area contributed by atoms with E-state index in [0.29, 0.717) is 0 Å². The standard InChI is InChI=1S/C40H30N2S/c1-40(2)33-14-5-3-10-29(33)30-23-22-27(24-34(30)40)42-36-16-7-6-15-35(36)41-39(42)26-20-18-25(19-21-26)28-12-9-13-32-31-11-4-8-17-37(31)43-38(28)32/h3-15,17-24,36H,16H2,1-2H3. The van der Waals surface area contributed by atoms with E-state index in [4.69, 9.17) is 4.99 Å². The second kappa shape index (κ2) is 9.13.